The van der Waals surface area contributed by atoms with E-state index in [1.807, 2.05) is 0 Å². The zero-order chi connectivity index (χ0) is 14.5. The highest BCUT2D eigenvalue weighted by Gasteiger charge is 2.43. The third kappa shape index (κ3) is 2.80. The summed E-state index contributed by atoms with van der Waals surface area (Å²) in [6, 6.07) is 0. The summed E-state index contributed by atoms with van der Waals surface area (Å²) < 4.78 is 61.8. The summed E-state index contributed by atoms with van der Waals surface area (Å²) >= 11 is 0. The van der Waals surface area contributed by atoms with Crippen molar-refractivity contribution in [2.24, 2.45) is 0 Å². The molecule has 1 aromatic rings. The highest BCUT2D eigenvalue weighted by Crippen LogP contribution is 2.37. The van der Waals surface area contributed by atoms with Gasteiger partial charge in [-0.2, -0.15) is 18.3 Å². The molecule has 1 rings (SSSR count). The first-order valence-corrected chi connectivity index (χ1v) is 7.19. The molecule has 0 aliphatic heterocycles. The van der Waals surface area contributed by atoms with E-state index in [9.17, 15) is 21.6 Å². The Kier molecular flexibility index (Phi) is 3.51. The molecular weight excluding hydrogens is 293 g/mol. The third-order valence-electron chi connectivity index (χ3n) is 2.21. The largest absolute Gasteiger partial charge is 0.436 e. The minimum Gasteiger partial charge on any atom is -0.263 e. The fourth-order valence-electron chi connectivity index (χ4n) is 1.62. The van der Waals surface area contributed by atoms with E-state index >= 15 is 0 Å². The Bertz CT molecular complexity index is 570. The van der Waals surface area contributed by atoms with Crippen molar-refractivity contribution >= 4 is 19.7 Å². The van der Waals surface area contributed by atoms with Crippen molar-refractivity contribution in [2.75, 3.05) is 0 Å². The van der Waals surface area contributed by atoms with E-state index in [2.05, 4.69) is 5.10 Å². The lowest BCUT2D eigenvalue weighted by Gasteiger charge is -2.21. The van der Waals surface area contributed by atoms with Gasteiger partial charge < -0.3 is 0 Å². The van der Waals surface area contributed by atoms with Gasteiger partial charge >= 0.3 is 6.18 Å². The minimum atomic E-state index is -4.88. The molecule has 0 fully saturated rings. The average molecular weight is 305 g/mol. The van der Waals surface area contributed by atoms with Crippen LogP contribution in [-0.2, 0) is 20.8 Å². The topological polar surface area (TPSA) is 52.0 Å². The predicted octanol–water partition coefficient (Wildman–Crippen LogP) is 2.89. The zero-order valence-electron chi connectivity index (χ0n) is 10.1. The lowest BCUT2D eigenvalue weighted by molar-refractivity contribution is -0.143. The molecule has 0 bridgehead atoms. The van der Waals surface area contributed by atoms with Gasteiger partial charge in [0, 0.05) is 10.7 Å². The molecule has 9 heteroatoms. The van der Waals surface area contributed by atoms with E-state index in [4.69, 9.17) is 10.7 Å². The van der Waals surface area contributed by atoms with Gasteiger partial charge in [0.1, 0.15) is 4.90 Å². The van der Waals surface area contributed by atoms with E-state index in [1.54, 1.807) is 20.8 Å². The highest BCUT2D eigenvalue weighted by atomic mass is 35.7. The van der Waals surface area contributed by atoms with E-state index < -0.39 is 31.4 Å². The van der Waals surface area contributed by atoms with Crippen LogP contribution < -0.4 is 0 Å². The number of halogens is 4. The molecule has 0 radical (unpaired) electrons. The lowest BCUT2D eigenvalue weighted by Crippen LogP contribution is -2.25. The van der Waals surface area contributed by atoms with Crippen LogP contribution in [0.15, 0.2) is 4.90 Å². The maximum atomic E-state index is 12.8. The molecule has 0 amide bonds. The number of nitrogens with zero attached hydrogens (tertiary/aromatic N) is 2. The van der Waals surface area contributed by atoms with E-state index in [0.29, 0.717) is 0 Å². The van der Waals surface area contributed by atoms with Crippen molar-refractivity contribution in [3.8, 4) is 0 Å². The van der Waals surface area contributed by atoms with Crippen molar-refractivity contribution in [2.45, 2.75) is 44.3 Å². The molecule has 0 aliphatic rings. The highest BCUT2D eigenvalue weighted by molar-refractivity contribution is 8.13. The minimum absolute atomic E-state index is 0.134. The molecule has 0 spiro atoms. The summed E-state index contributed by atoms with van der Waals surface area (Å²) in [7, 11) is 0.539. The molecule has 1 aromatic heterocycles. The fraction of sp³-hybridized carbons (Fsp3) is 0.667. The Morgan fingerprint density at radius 3 is 1.89 bits per heavy atom. The molecule has 4 nitrogen and oxygen atoms in total. The number of hydrogen-bond acceptors (Lipinski definition) is 3. The number of alkyl halides is 3. The van der Waals surface area contributed by atoms with Crippen molar-refractivity contribution in [1.29, 1.82) is 0 Å². The van der Waals surface area contributed by atoms with Gasteiger partial charge in [-0.15, -0.1) is 0 Å². The second-order valence-electron chi connectivity index (χ2n) is 4.78. The van der Waals surface area contributed by atoms with Crippen LogP contribution in [0.5, 0.6) is 0 Å². The normalized spacial score (nSPS) is 14.0. The molecule has 0 aliphatic carbocycles. The monoisotopic (exact) mass is 304 g/mol. The molecule has 18 heavy (non-hydrogen) atoms. The van der Waals surface area contributed by atoms with Crippen LogP contribution in [0.25, 0.3) is 0 Å². The molecule has 0 saturated heterocycles. The van der Waals surface area contributed by atoms with Crippen molar-refractivity contribution in [3.63, 3.8) is 0 Å². The molecule has 104 valence electrons. The quantitative estimate of drug-likeness (QED) is 0.750. The predicted molar refractivity (Wildman–Crippen MR) is 60.0 cm³/mol. The summed E-state index contributed by atoms with van der Waals surface area (Å²) in [5, 5.41) is 3.35. The SMILES string of the molecule is Cc1c(S(=O)(=O)Cl)c(C(F)(F)F)nn1C(C)(C)C. The second-order valence-corrected chi connectivity index (χ2v) is 7.28. The summed E-state index contributed by atoms with van der Waals surface area (Å²) in [5.74, 6) is 0. The zero-order valence-corrected chi connectivity index (χ0v) is 11.7. The van der Waals surface area contributed by atoms with Gasteiger partial charge in [-0.05, 0) is 27.7 Å². The Balaban J connectivity index is 3.75. The van der Waals surface area contributed by atoms with Gasteiger partial charge in [-0.1, -0.05) is 0 Å². The average Bonchev–Trinajstić information content (AvgIpc) is 2.39. The molecule has 0 aromatic carbocycles. The van der Waals surface area contributed by atoms with Crippen LogP contribution in [-0.4, -0.2) is 18.2 Å². The molecule has 0 saturated carbocycles. The van der Waals surface area contributed by atoms with Gasteiger partial charge in [-0.25, -0.2) is 8.42 Å². The summed E-state index contributed by atoms with van der Waals surface area (Å²) in [5.41, 5.74) is -2.40. The number of hydrogen-bond donors (Lipinski definition) is 0. The van der Waals surface area contributed by atoms with Gasteiger partial charge in [-0.3, -0.25) is 4.68 Å². The van der Waals surface area contributed by atoms with Gasteiger partial charge in [0.2, 0.25) is 0 Å². The first kappa shape index (κ1) is 15.3. The molecule has 0 atom stereocenters. The second kappa shape index (κ2) is 4.12. The van der Waals surface area contributed by atoms with Crippen LogP contribution in [0.2, 0.25) is 0 Å². The van der Waals surface area contributed by atoms with E-state index in [-0.39, 0.29) is 5.69 Å². The van der Waals surface area contributed by atoms with Gasteiger partial charge in [0.25, 0.3) is 9.05 Å². The van der Waals surface area contributed by atoms with Crippen LogP contribution in [0, 0.1) is 6.92 Å². The molecule has 0 N–H and O–H groups in total. The van der Waals surface area contributed by atoms with Crippen LogP contribution in [0.1, 0.15) is 32.2 Å². The van der Waals surface area contributed by atoms with Crippen molar-refractivity contribution in [1.82, 2.24) is 9.78 Å². The maximum Gasteiger partial charge on any atom is 0.436 e. The smallest absolute Gasteiger partial charge is 0.263 e. The fourth-order valence-corrected chi connectivity index (χ4v) is 3.00. The Morgan fingerprint density at radius 2 is 1.67 bits per heavy atom. The Labute approximate surface area is 107 Å². The first-order chi connectivity index (χ1) is 7.76. The summed E-state index contributed by atoms with van der Waals surface area (Å²) in [6.45, 7) is 6.07. The molecule has 1 heterocycles. The lowest BCUT2D eigenvalue weighted by atomic mass is 10.1. The molecular formula is C9H12ClF3N2O2S. The third-order valence-corrected chi connectivity index (χ3v) is 3.65. The number of aromatic nitrogens is 2. The summed E-state index contributed by atoms with van der Waals surface area (Å²) in [4.78, 5) is -0.980. The van der Waals surface area contributed by atoms with Crippen LogP contribution >= 0.6 is 10.7 Å². The number of rotatable bonds is 1. The standard InChI is InChI=1S/C9H12ClF3N2O2S/c1-5-6(18(10,16)17)7(9(11,12)13)14-15(5)8(2,3)4/h1-4H3. The van der Waals surface area contributed by atoms with Crippen LogP contribution in [0.4, 0.5) is 13.2 Å². The summed E-state index contributed by atoms with van der Waals surface area (Å²) in [6.07, 6.45) is -4.88. The maximum absolute atomic E-state index is 12.8. The Morgan fingerprint density at radius 1 is 1.22 bits per heavy atom. The van der Waals surface area contributed by atoms with Gasteiger partial charge in [0.05, 0.1) is 11.2 Å². The van der Waals surface area contributed by atoms with E-state index in [1.165, 1.54) is 6.92 Å². The van der Waals surface area contributed by atoms with Crippen LogP contribution in [0.3, 0.4) is 0 Å². The van der Waals surface area contributed by atoms with Gasteiger partial charge in [0.15, 0.2) is 5.69 Å². The Hall–Kier alpha value is -0.760. The molecule has 0 unspecified atom stereocenters. The van der Waals surface area contributed by atoms with Crippen molar-refractivity contribution in [3.05, 3.63) is 11.4 Å². The van der Waals surface area contributed by atoms with Crippen molar-refractivity contribution < 1.29 is 21.6 Å². The first-order valence-electron chi connectivity index (χ1n) is 4.88. The van der Waals surface area contributed by atoms with E-state index in [0.717, 1.165) is 4.68 Å².